The smallest absolute Gasteiger partial charge is 0.419 e. The molecule has 0 amide bonds. The van der Waals surface area contributed by atoms with Gasteiger partial charge in [-0.25, -0.2) is 4.79 Å². The lowest BCUT2D eigenvalue weighted by molar-refractivity contribution is -0.275. The Balaban J connectivity index is 1.89. The Morgan fingerprint density at radius 1 is 1.33 bits per heavy atom. The predicted octanol–water partition coefficient (Wildman–Crippen LogP) is 4.23. The Kier molecular flexibility index (Phi) is 4.21. The first-order valence-electron chi connectivity index (χ1n) is 7.42. The maximum absolute atomic E-state index is 12.5. The van der Waals surface area contributed by atoms with Crippen molar-refractivity contribution in [2.45, 2.75) is 38.5 Å². The van der Waals surface area contributed by atoms with E-state index in [2.05, 4.69) is 9.89 Å². The predicted molar refractivity (Wildman–Crippen MR) is 75.9 cm³/mol. The monoisotopic (exact) mass is 341 g/mol. The molecule has 1 aliphatic rings. The van der Waals surface area contributed by atoms with Crippen LogP contribution in [0, 0.1) is 0 Å². The van der Waals surface area contributed by atoms with Gasteiger partial charge in [0.1, 0.15) is 11.8 Å². The van der Waals surface area contributed by atoms with Crippen LogP contribution in [0.1, 0.15) is 47.3 Å². The number of ether oxygens (including phenoxy) is 2. The molecule has 0 atom stereocenters. The highest BCUT2D eigenvalue weighted by atomic mass is 19.4. The van der Waals surface area contributed by atoms with Gasteiger partial charge < -0.3 is 14.0 Å². The molecule has 1 aliphatic carbocycles. The van der Waals surface area contributed by atoms with Crippen molar-refractivity contribution in [2.24, 2.45) is 0 Å². The minimum Gasteiger partial charge on any atom is -0.419 e. The quantitative estimate of drug-likeness (QED) is 0.601. The van der Waals surface area contributed by atoms with Crippen LogP contribution >= 0.6 is 0 Å². The molecule has 3 rings (SSSR count). The number of esters is 1. The van der Waals surface area contributed by atoms with Gasteiger partial charge in [-0.2, -0.15) is 0 Å². The number of benzene rings is 1. The fourth-order valence-electron chi connectivity index (χ4n) is 2.32. The number of rotatable bonds is 5. The van der Waals surface area contributed by atoms with Crippen molar-refractivity contribution < 1.29 is 32.0 Å². The number of carbonyl (C=O) groups is 1. The van der Waals surface area contributed by atoms with Gasteiger partial charge in [-0.3, -0.25) is 0 Å². The van der Waals surface area contributed by atoms with Gasteiger partial charge in [0.2, 0.25) is 0 Å². The lowest BCUT2D eigenvalue weighted by Gasteiger charge is -2.14. The van der Waals surface area contributed by atoms with Gasteiger partial charge in [-0.05, 0) is 42.9 Å². The van der Waals surface area contributed by atoms with Gasteiger partial charge >= 0.3 is 12.3 Å². The number of hydrogen-bond donors (Lipinski definition) is 0. The van der Waals surface area contributed by atoms with Crippen LogP contribution in [0.2, 0.25) is 0 Å². The first-order chi connectivity index (χ1) is 11.4. The molecule has 1 saturated carbocycles. The molecule has 0 aliphatic heterocycles. The molecule has 0 N–H and O–H groups in total. The molecule has 0 radical (unpaired) electrons. The fourth-order valence-corrected chi connectivity index (χ4v) is 2.32. The maximum atomic E-state index is 12.5. The Hall–Kier alpha value is -2.51. The Bertz CT molecular complexity index is 750. The lowest BCUT2D eigenvalue weighted by atomic mass is 10.1. The van der Waals surface area contributed by atoms with Crippen molar-refractivity contribution in [3.05, 3.63) is 41.3 Å². The van der Waals surface area contributed by atoms with E-state index in [-0.39, 0.29) is 17.2 Å². The van der Waals surface area contributed by atoms with Crippen molar-refractivity contribution >= 4 is 5.97 Å². The van der Waals surface area contributed by atoms with Gasteiger partial charge in [-0.15, -0.1) is 13.2 Å². The topological polar surface area (TPSA) is 61.6 Å². The van der Waals surface area contributed by atoms with E-state index in [1.807, 2.05) is 0 Å². The third kappa shape index (κ3) is 3.69. The third-order valence-corrected chi connectivity index (χ3v) is 3.64. The molecule has 1 aromatic heterocycles. The van der Waals surface area contributed by atoms with Gasteiger partial charge in [0.15, 0.2) is 11.5 Å². The number of hydrogen-bond acceptors (Lipinski definition) is 5. The van der Waals surface area contributed by atoms with E-state index in [9.17, 15) is 18.0 Å². The largest absolute Gasteiger partial charge is 0.573 e. The molecule has 1 aromatic carbocycles. The van der Waals surface area contributed by atoms with Gasteiger partial charge in [-0.1, -0.05) is 18.1 Å². The summed E-state index contributed by atoms with van der Waals surface area (Å²) in [6.45, 7) is 1.76. The van der Waals surface area contributed by atoms with E-state index in [4.69, 9.17) is 9.26 Å². The number of aryl methyl sites for hydroxylation is 1. The van der Waals surface area contributed by atoms with Crippen molar-refractivity contribution in [1.82, 2.24) is 5.16 Å². The molecule has 0 bridgehead atoms. The molecule has 24 heavy (non-hydrogen) atoms. The summed E-state index contributed by atoms with van der Waals surface area (Å²) in [5.74, 6) is -1.39. The van der Waals surface area contributed by atoms with Crippen LogP contribution in [0.3, 0.4) is 0 Å². The summed E-state index contributed by atoms with van der Waals surface area (Å²) in [6.07, 6.45) is -1.43. The highest BCUT2D eigenvalue weighted by Crippen LogP contribution is 2.43. The van der Waals surface area contributed by atoms with Crippen LogP contribution in [-0.4, -0.2) is 17.5 Å². The second-order valence-electron chi connectivity index (χ2n) is 5.45. The van der Waals surface area contributed by atoms with Crippen LogP contribution < -0.4 is 9.47 Å². The summed E-state index contributed by atoms with van der Waals surface area (Å²) in [7, 11) is 0. The second-order valence-corrected chi connectivity index (χ2v) is 5.45. The molecule has 2 aromatic rings. The zero-order valence-electron chi connectivity index (χ0n) is 12.7. The zero-order valence-corrected chi connectivity index (χ0v) is 12.7. The molecule has 8 heteroatoms. The minimum absolute atomic E-state index is 0.0762. The van der Waals surface area contributed by atoms with Crippen LogP contribution in [0.5, 0.6) is 11.5 Å². The number of aromatic nitrogens is 1. The average Bonchev–Trinajstić information content (AvgIpc) is 3.24. The summed E-state index contributed by atoms with van der Waals surface area (Å²) in [4.78, 5) is 12.2. The van der Waals surface area contributed by atoms with E-state index in [1.165, 1.54) is 6.07 Å². The van der Waals surface area contributed by atoms with Gasteiger partial charge in [0.25, 0.3) is 0 Å². The van der Waals surface area contributed by atoms with Crippen LogP contribution in [-0.2, 0) is 6.42 Å². The standard InChI is InChI=1S/C16H14F3NO4/c1-2-12-11(8-22-20-12)15(21)23-14-7-10(9-3-4-9)5-6-13(14)24-16(17,18)19/h5-9H,2-4H2,1H3. The van der Waals surface area contributed by atoms with Crippen molar-refractivity contribution in [2.75, 3.05) is 0 Å². The molecule has 0 unspecified atom stereocenters. The Morgan fingerprint density at radius 2 is 2.08 bits per heavy atom. The normalized spacial score (nSPS) is 14.5. The average molecular weight is 341 g/mol. The maximum Gasteiger partial charge on any atom is 0.573 e. The van der Waals surface area contributed by atoms with E-state index in [0.717, 1.165) is 30.7 Å². The fraction of sp³-hybridized carbons (Fsp3) is 0.375. The molecule has 1 heterocycles. The number of halogens is 3. The number of alkyl halides is 3. The SMILES string of the molecule is CCc1nocc1C(=O)Oc1cc(C2CC2)ccc1OC(F)(F)F. The van der Waals surface area contributed by atoms with E-state index in [0.29, 0.717) is 12.1 Å². The first-order valence-corrected chi connectivity index (χ1v) is 7.42. The molecule has 0 spiro atoms. The Labute approximate surface area is 135 Å². The number of nitrogens with zero attached hydrogens (tertiary/aromatic N) is 1. The summed E-state index contributed by atoms with van der Waals surface area (Å²) >= 11 is 0. The highest BCUT2D eigenvalue weighted by molar-refractivity contribution is 5.92. The number of carbonyl (C=O) groups excluding carboxylic acids is 1. The molecule has 128 valence electrons. The van der Waals surface area contributed by atoms with Gasteiger partial charge in [0, 0.05) is 0 Å². The highest BCUT2D eigenvalue weighted by Gasteiger charge is 2.34. The van der Waals surface area contributed by atoms with Crippen molar-refractivity contribution in [3.63, 3.8) is 0 Å². The zero-order chi connectivity index (χ0) is 17.3. The summed E-state index contributed by atoms with van der Waals surface area (Å²) < 4.78 is 51.4. The van der Waals surface area contributed by atoms with Crippen LogP contribution in [0.15, 0.2) is 29.0 Å². The molecular formula is C16H14F3NO4. The first kappa shape index (κ1) is 16.4. The summed E-state index contributed by atoms with van der Waals surface area (Å²) in [5.41, 5.74) is 1.26. The van der Waals surface area contributed by atoms with Crippen LogP contribution in [0.25, 0.3) is 0 Å². The molecule has 5 nitrogen and oxygen atoms in total. The lowest BCUT2D eigenvalue weighted by Crippen LogP contribution is -2.19. The van der Waals surface area contributed by atoms with Crippen molar-refractivity contribution in [3.8, 4) is 11.5 Å². The molecular weight excluding hydrogens is 327 g/mol. The Morgan fingerprint density at radius 3 is 2.71 bits per heavy atom. The summed E-state index contributed by atoms with van der Waals surface area (Å²) in [6, 6.07) is 4.13. The van der Waals surface area contributed by atoms with E-state index in [1.54, 1.807) is 13.0 Å². The minimum atomic E-state index is -4.88. The van der Waals surface area contributed by atoms with Crippen LogP contribution in [0.4, 0.5) is 13.2 Å². The van der Waals surface area contributed by atoms with E-state index >= 15 is 0 Å². The molecule has 1 fully saturated rings. The second kappa shape index (κ2) is 6.18. The van der Waals surface area contributed by atoms with Crippen molar-refractivity contribution in [1.29, 1.82) is 0 Å². The van der Waals surface area contributed by atoms with Gasteiger partial charge in [0.05, 0.1) is 5.69 Å². The summed E-state index contributed by atoms with van der Waals surface area (Å²) in [5, 5.41) is 3.65. The third-order valence-electron chi connectivity index (χ3n) is 3.64. The molecule has 0 saturated heterocycles. The van der Waals surface area contributed by atoms with E-state index < -0.39 is 18.1 Å².